The fraction of sp³-hybridized carbons (Fsp3) is 0.619. The van der Waals surface area contributed by atoms with Gasteiger partial charge in [-0.15, -0.1) is 11.3 Å². The number of hydrogen-bond acceptors (Lipinski definition) is 10. The van der Waals surface area contributed by atoms with E-state index < -0.39 is 0 Å². The van der Waals surface area contributed by atoms with Gasteiger partial charge in [0, 0.05) is 54.8 Å². The van der Waals surface area contributed by atoms with Crippen molar-refractivity contribution in [2.75, 3.05) is 33.4 Å². The molecule has 1 saturated heterocycles. The summed E-state index contributed by atoms with van der Waals surface area (Å²) in [6.07, 6.45) is 5.84. The van der Waals surface area contributed by atoms with Gasteiger partial charge < -0.3 is 24.7 Å². The van der Waals surface area contributed by atoms with E-state index >= 15 is 0 Å². The second-order valence-corrected chi connectivity index (χ2v) is 9.41. The van der Waals surface area contributed by atoms with Gasteiger partial charge >= 0.3 is 0 Å². The van der Waals surface area contributed by atoms with Crippen LogP contribution in [0.15, 0.2) is 22.5 Å². The minimum absolute atomic E-state index is 0.121. The Hall–Kier alpha value is -1.98. The first kappa shape index (κ1) is 22.2. The number of aromatic nitrogens is 2. The van der Waals surface area contributed by atoms with Gasteiger partial charge in [-0.05, 0) is 30.9 Å². The smallest absolute Gasteiger partial charge is 0.247 e. The average Bonchev–Trinajstić information content (AvgIpc) is 3.37. The Balaban J connectivity index is 1.31. The van der Waals surface area contributed by atoms with Crippen LogP contribution in [0.3, 0.4) is 0 Å². The van der Waals surface area contributed by atoms with Gasteiger partial charge in [-0.25, -0.2) is 5.84 Å². The van der Waals surface area contributed by atoms with Gasteiger partial charge in [0.05, 0.1) is 12.2 Å². The van der Waals surface area contributed by atoms with Crippen molar-refractivity contribution in [3.05, 3.63) is 45.0 Å². The Kier molecular flexibility index (Phi) is 6.92. The third-order valence-corrected chi connectivity index (χ3v) is 7.25. The van der Waals surface area contributed by atoms with E-state index in [4.69, 9.17) is 25.6 Å². The van der Waals surface area contributed by atoms with Crippen molar-refractivity contribution < 1.29 is 14.0 Å². The van der Waals surface area contributed by atoms with Crippen LogP contribution in [-0.4, -0.2) is 53.4 Å². The highest BCUT2D eigenvalue weighted by Gasteiger charge is 2.41. The van der Waals surface area contributed by atoms with Crippen molar-refractivity contribution in [3.63, 3.8) is 0 Å². The molecule has 0 amide bonds. The van der Waals surface area contributed by atoms with Gasteiger partial charge in [0.1, 0.15) is 13.2 Å². The van der Waals surface area contributed by atoms with E-state index in [1.54, 1.807) is 13.3 Å². The standard InChI is InChI=1S/C21H32N6O3S/c1-3-16-10-17-18(31-16)4-9-29-21(17)5-7-26(8-6-21)11-15(22)12-27(23)13-20-24-19(14-28-2)25-30-20/h10,12H,3-9,11,13-14,22-23H2,1-2H3/b15-12-. The summed E-state index contributed by atoms with van der Waals surface area (Å²) in [5.41, 5.74) is 8.27. The van der Waals surface area contributed by atoms with Crippen molar-refractivity contribution >= 4 is 11.3 Å². The number of hydrogen-bond donors (Lipinski definition) is 2. The molecule has 2 aromatic heterocycles. The number of aryl methyl sites for hydroxylation is 1. The normalized spacial score (nSPS) is 19.0. The summed E-state index contributed by atoms with van der Waals surface area (Å²) in [6.45, 7) is 6.19. The molecule has 0 saturated carbocycles. The molecule has 1 fully saturated rings. The number of fused-ring (bicyclic) bond motifs is 2. The molecule has 0 aromatic carbocycles. The van der Waals surface area contributed by atoms with Crippen molar-refractivity contribution in [3.8, 4) is 0 Å². The lowest BCUT2D eigenvalue weighted by Gasteiger charge is -2.44. The maximum Gasteiger partial charge on any atom is 0.247 e. The maximum absolute atomic E-state index is 6.37. The zero-order valence-corrected chi connectivity index (χ0v) is 19.1. The SMILES string of the molecule is CCc1cc2c(s1)CCOC21CCN(C/C(N)=C/N(N)Cc2nc(COC)no2)CC1. The highest BCUT2D eigenvalue weighted by molar-refractivity contribution is 7.12. The zero-order valence-electron chi connectivity index (χ0n) is 18.3. The maximum atomic E-state index is 6.37. The monoisotopic (exact) mass is 448 g/mol. The molecule has 1 spiro atoms. The van der Waals surface area contributed by atoms with Crippen LogP contribution in [0.4, 0.5) is 0 Å². The van der Waals surface area contributed by atoms with Crippen LogP contribution in [0.1, 0.15) is 46.8 Å². The van der Waals surface area contributed by atoms with Gasteiger partial charge in [0.15, 0.2) is 5.82 Å². The number of thiophene rings is 1. The minimum atomic E-state index is -0.121. The molecule has 0 bridgehead atoms. The second kappa shape index (κ2) is 9.66. The van der Waals surface area contributed by atoms with E-state index in [1.165, 1.54) is 20.3 Å². The lowest BCUT2D eigenvalue weighted by Crippen LogP contribution is -2.47. The molecule has 2 aliphatic heterocycles. The van der Waals surface area contributed by atoms with E-state index in [2.05, 4.69) is 28.0 Å². The fourth-order valence-electron chi connectivity index (χ4n) is 4.39. The number of likely N-dealkylation sites (tertiary alicyclic amines) is 1. The number of rotatable bonds is 8. The predicted molar refractivity (Wildman–Crippen MR) is 118 cm³/mol. The molecule has 4 heterocycles. The number of hydrazine groups is 1. The Morgan fingerprint density at radius 3 is 2.97 bits per heavy atom. The molecular formula is C21H32N6O3S. The molecule has 4 N–H and O–H groups in total. The van der Waals surface area contributed by atoms with Crippen LogP contribution < -0.4 is 11.6 Å². The molecule has 4 rings (SSSR count). The number of ether oxygens (including phenoxy) is 2. The topological polar surface area (TPSA) is 116 Å². The summed E-state index contributed by atoms with van der Waals surface area (Å²) in [4.78, 5) is 9.56. The number of nitrogens with zero attached hydrogens (tertiary/aromatic N) is 4. The van der Waals surface area contributed by atoms with E-state index in [-0.39, 0.29) is 12.1 Å². The Bertz CT molecular complexity index is 903. The van der Waals surface area contributed by atoms with Gasteiger partial charge in [0.25, 0.3) is 0 Å². The Morgan fingerprint density at radius 1 is 1.42 bits per heavy atom. The van der Waals surface area contributed by atoms with E-state index in [9.17, 15) is 0 Å². The molecule has 31 heavy (non-hydrogen) atoms. The highest BCUT2D eigenvalue weighted by Crippen LogP contribution is 2.44. The van der Waals surface area contributed by atoms with E-state index in [1.807, 2.05) is 11.3 Å². The summed E-state index contributed by atoms with van der Waals surface area (Å²) < 4.78 is 16.5. The second-order valence-electron chi connectivity index (χ2n) is 8.19. The zero-order chi connectivity index (χ0) is 21.8. The molecule has 0 aliphatic carbocycles. The Labute approximate surface area is 186 Å². The van der Waals surface area contributed by atoms with Crippen LogP contribution in [0.5, 0.6) is 0 Å². The highest BCUT2D eigenvalue weighted by atomic mass is 32.1. The number of methoxy groups -OCH3 is 1. The quantitative estimate of drug-likeness (QED) is 0.461. The molecule has 0 radical (unpaired) electrons. The van der Waals surface area contributed by atoms with E-state index in [0.717, 1.165) is 45.4 Å². The molecular weight excluding hydrogens is 416 g/mol. The molecule has 170 valence electrons. The third kappa shape index (κ3) is 5.09. The summed E-state index contributed by atoms with van der Waals surface area (Å²) in [7, 11) is 1.58. The average molecular weight is 449 g/mol. The van der Waals surface area contributed by atoms with Gasteiger partial charge in [-0.2, -0.15) is 4.98 Å². The van der Waals surface area contributed by atoms with Crippen LogP contribution in [0, 0.1) is 0 Å². The van der Waals surface area contributed by atoms with Crippen LogP contribution in [0.25, 0.3) is 0 Å². The van der Waals surface area contributed by atoms with Gasteiger partial charge in [-0.3, -0.25) is 4.90 Å². The largest absolute Gasteiger partial charge is 0.400 e. The van der Waals surface area contributed by atoms with E-state index in [0.29, 0.717) is 30.6 Å². The van der Waals surface area contributed by atoms with Gasteiger partial charge in [-0.1, -0.05) is 12.1 Å². The first-order valence-corrected chi connectivity index (χ1v) is 11.6. The summed E-state index contributed by atoms with van der Waals surface area (Å²) in [6, 6.07) is 2.38. The summed E-state index contributed by atoms with van der Waals surface area (Å²) in [5, 5.41) is 5.30. The lowest BCUT2D eigenvalue weighted by atomic mass is 9.82. The molecule has 10 heteroatoms. The van der Waals surface area contributed by atoms with Crippen molar-refractivity contribution in [2.24, 2.45) is 11.6 Å². The molecule has 2 aromatic rings. The molecule has 9 nitrogen and oxygen atoms in total. The first-order valence-electron chi connectivity index (χ1n) is 10.8. The third-order valence-electron chi connectivity index (χ3n) is 5.91. The predicted octanol–water partition coefficient (Wildman–Crippen LogP) is 1.88. The van der Waals surface area contributed by atoms with Crippen LogP contribution in [0.2, 0.25) is 0 Å². The number of nitrogens with two attached hydrogens (primary N) is 2. The molecule has 0 unspecified atom stereocenters. The molecule has 2 aliphatic rings. The summed E-state index contributed by atoms with van der Waals surface area (Å²) >= 11 is 1.96. The first-order chi connectivity index (χ1) is 15.0. The summed E-state index contributed by atoms with van der Waals surface area (Å²) in [5.74, 6) is 6.97. The lowest BCUT2D eigenvalue weighted by molar-refractivity contribution is -0.0961. The van der Waals surface area contributed by atoms with Crippen molar-refractivity contribution in [1.82, 2.24) is 20.0 Å². The molecule has 0 atom stereocenters. The van der Waals surface area contributed by atoms with Crippen molar-refractivity contribution in [2.45, 2.75) is 51.4 Å². The van der Waals surface area contributed by atoms with Crippen molar-refractivity contribution in [1.29, 1.82) is 0 Å². The van der Waals surface area contributed by atoms with Gasteiger partial charge in [0.2, 0.25) is 5.89 Å². The Morgan fingerprint density at radius 2 is 2.23 bits per heavy atom. The van der Waals surface area contributed by atoms with Crippen LogP contribution in [-0.2, 0) is 41.1 Å². The van der Waals surface area contributed by atoms with Crippen LogP contribution >= 0.6 is 11.3 Å². The minimum Gasteiger partial charge on any atom is -0.400 e. The number of piperidine rings is 1. The fourth-order valence-corrected chi connectivity index (χ4v) is 5.57.